The monoisotopic (exact) mass is 348 g/mol. The molecule has 25 heavy (non-hydrogen) atoms. The lowest BCUT2D eigenvalue weighted by atomic mass is 9.79. The van der Waals surface area contributed by atoms with E-state index in [1.54, 1.807) is 0 Å². The Morgan fingerprint density at radius 2 is 1.80 bits per heavy atom. The van der Waals surface area contributed by atoms with Gasteiger partial charge in [0, 0.05) is 45.5 Å². The van der Waals surface area contributed by atoms with Crippen molar-refractivity contribution in [3.05, 3.63) is 30.3 Å². The van der Waals surface area contributed by atoms with E-state index in [4.69, 9.17) is 4.99 Å². The summed E-state index contributed by atoms with van der Waals surface area (Å²) in [5, 5.41) is 16.1. The fraction of sp³-hybridized carbons (Fsp3) is 0.650. The first-order chi connectivity index (χ1) is 12.1. The van der Waals surface area contributed by atoms with E-state index in [0.717, 1.165) is 51.4 Å². The molecule has 0 saturated carbocycles. The number of rotatable bonds is 11. The Kier molecular flexibility index (Phi) is 10.0. The highest BCUT2D eigenvalue weighted by Crippen LogP contribution is 2.30. The van der Waals surface area contributed by atoms with Crippen LogP contribution in [0.3, 0.4) is 0 Å². The third-order valence-corrected chi connectivity index (χ3v) is 5.00. The van der Waals surface area contributed by atoms with Gasteiger partial charge in [0.05, 0.1) is 0 Å². The molecular weight excluding hydrogens is 312 g/mol. The molecule has 0 spiro atoms. The van der Waals surface area contributed by atoms with Gasteiger partial charge in [-0.05, 0) is 43.7 Å². The molecule has 0 fully saturated rings. The van der Waals surface area contributed by atoms with Crippen LogP contribution in [0.4, 0.5) is 5.69 Å². The van der Waals surface area contributed by atoms with Crippen LogP contribution in [0.1, 0.15) is 40.0 Å². The lowest BCUT2D eigenvalue weighted by molar-refractivity contribution is 0.175. The number of hydrogen-bond donors (Lipinski definition) is 3. The molecule has 0 heterocycles. The molecule has 5 heteroatoms. The second-order valence-corrected chi connectivity index (χ2v) is 6.56. The van der Waals surface area contributed by atoms with E-state index in [1.807, 2.05) is 6.07 Å². The Bertz CT molecular complexity index is 486. The molecule has 1 aromatic rings. The fourth-order valence-corrected chi connectivity index (χ4v) is 2.89. The molecule has 0 aromatic heterocycles. The lowest BCUT2D eigenvalue weighted by Gasteiger charge is -2.29. The molecule has 3 N–H and O–H groups in total. The van der Waals surface area contributed by atoms with Crippen LogP contribution in [-0.2, 0) is 0 Å². The summed E-state index contributed by atoms with van der Waals surface area (Å²) in [5.74, 6) is 0.855. The number of likely N-dealkylation sites (N-methyl/N-ethyl adjacent to an activating group) is 1. The molecule has 142 valence electrons. The molecule has 0 unspecified atom stereocenters. The molecule has 0 amide bonds. The number of anilines is 1. The van der Waals surface area contributed by atoms with Crippen LogP contribution in [0.15, 0.2) is 35.3 Å². The molecule has 0 radical (unpaired) electrons. The van der Waals surface area contributed by atoms with Crippen molar-refractivity contribution < 1.29 is 5.11 Å². The van der Waals surface area contributed by atoms with Crippen LogP contribution in [0.5, 0.6) is 0 Å². The quantitative estimate of drug-likeness (QED) is 0.425. The van der Waals surface area contributed by atoms with Crippen LogP contribution in [0, 0.1) is 5.41 Å². The van der Waals surface area contributed by atoms with E-state index in [9.17, 15) is 5.11 Å². The third kappa shape index (κ3) is 7.34. The maximum Gasteiger partial charge on any atom is 0.191 e. The van der Waals surface area contributed by atoms with Crippen molar-refractivity contribution in [2.75, 3.05) is 44.7 Å². The molecule has 0 atom stereocenters. The first kappa shape index (κ1) is 21.3. The molecule has 0 aliphatic carbocycles. The highest BCUT2D eigenvalue weighted by molar-refractivity contribution is 5.79. The summed E-state index contributed by atoms with van der Waals surface area (Å²) in [5.41, 5.74) is 1.31. The maximum absolute atomic E-state index is 9.36. The summed E-state index contributed by atoms with van der Waals surface area (Å²) in [6.07, 6.45) is 2.87. The number of para-hydroxylation sites is 1. The van der Waals surface area contributed by atoms with Crippen molar-refractivity contribution >= 4 is 11.6 Å². The third-order valence-electron chi connectivity index (χ3n) is 5.00. The van der Waals surface area contributed by atoms with Gasteiger partial charge in [-0.3, -0.25) is 4.99 Å². The second-order valence-electron chi connectivity index (χ2n) is 6.56. The van der Waals surface area contributed by atoms with Gasteiger partial charge in [0.2, 0.25) is 0 Å². The summed E-state index contributed by atoms with van der Waals surface area (Å²) in [7, 11) is 2.10. The van der Waals surface area contributed by atoms with E-state index in [1.165, 1.54) is 5.69 Å². The average Bonchev–Trinajstić information content (AvgIpc) is 2.65. The van der Waals surface area contributed by atoms with Crippen molar-refractivity contribution in [2.45, 2.75) is 40.0 Å². The van der Waals surface area contributed by atoms with Crippen LogP contribution >= 0.6 is 0 Å². The zero-order valence-corrected chi connectivity index (χ0v) is 16.4. The Morgan fingerprint density at radius 1 is 1.12 bits per heavy atom. The molecule has 0 aliphatic rings. The van der Waals surface area contributed by atoms with E-state index in [-0.39, 0.29) is 12.0 Å². The summed E-state index contributed by atoms with van der Waals surface area (Å²) >= 11 is 0. The fourth-order valence-electron chi connectivity index (χ4n) is 2.89. The summed E-state index contributed by atoms with van der Waals surface area (Å²) in [6, 6.07) is 10.4. The molecule has 1 rings (SSSR count). The van der Waals surface area contributed by atoms with Crippen molar-refractivity contribution in [1.29, 1.82) is 0 Å². The van der Waals surface area contributed by atoms with E-state index < -0.39 is 0 Å². The van der Waals surface area contributed by atoms with Gasteiger partial charge >= 0.3 is 0 Å². The largest absolute Gasteiger partial charge is 0.396 e. The first-order valence-electron chi connectivity index (χ1n) is 9.50. The van der Waals surface area contributed by atoms with Crippen LogP contribution < -0.4 is 15.5 Å². The van der Waals surface area contributed by atoms with Crippen LogP contribution in [0.2, 0.25) is 0 Å². The highest BCUT2D eigenvalue weighted by Gasteiger charge is 2.25. The number of guanidine groups is 1. The average molecular weight is 349 g/mol. The Morgan fingerprint density at radius 3 is 2.36 bits per heavy atom. The molecule has 0 aliphatic heterocycles. The number of nitrogens with one attached hydrogen (secondary N) is 2. The van der Waals surface area contributed by atoms with Crippen LogP contribution in [-0.4, -0.2) is 50.9 Å². The summed E-state index contributed by atoms with van der Waals surface area (Å²) < 4.78 is 0. The van der Waals surface area contributed by atoms with Gasteiger partial charge < -0.3 is 20.6 Å². The number of aliphatic hydroxyl groups excluding tert-OH is 1. The van der Waals surface area contributed by atoms with Gasteiger partial charge in [-0.1, -0.05) is 32.0 Å². The predicted molar refractivity (Wildman–Crippen MR) is 108 cm³/mol. The minimum absolute atomic E-state index is 0.0952. The van der Waals surface area contributed by atoms with Gasteiger partial charge in [-0.15, -0.1) is 0 Å². The number of aliphatic imine (C=N–C) groups is 1. The van der Waals surface area contributed by atoms with E-state index in [2.05, 4.69) is 67.6 Å². The normalized spacial score (nSPS) is 12.1. The maximum atomic E-state index is 9.36. The van der Waals surface area contributed by atoms with Crippen molar-refractivity contribution in [1.82, 2.24) is 10.6 Å². The smallest absolute Gasteiger partial charge is 0.191 e. The van der Waals surface area contributed by atoms with Gasteiger partial charge in [0.15, 0.2) is 5.96 Å². The number of nitrogens with zero attached hydrogens (tertiary/aromatic N) is 2. The van der Waals surface area contributed by atoms with Crippen molar-refractivity contribution in [2.24, 2.45) is 10.4 Å². The lowest BCUT2D eigenvalue weighted by Crippen LogP contribution is -2.41. The van der Waals surface area contributed by atoms with Crippen LogP contribution in [0.25, 0.3) is 0 Å². The molecule has 0 saturated heterocycles. The molecule has 5 nitrogen and oxygen atoms in total. The highest BCUT2D eigenvalue weighted by atomic mass is 16.3. The standard InChI is InChI=1S/C20H36N4O/c1-5-20(6-2,13-16-25)17-23-19(21-7-3)22-14-15-24(4)18-11-9-8-10-12-18/h8-12,25H,5-7,13-17H2,1-4H3,(H2,21,22,23). The molecule has 1 aromatic carbocycles. The second kappa shape index (κ2) is 11.7. The van der Waals surface area contributed by atoms with Gasteiger partial charge in [0.1, 0.15) is 0 Å². The zero-order valence-electron chi connectivity index (χ0n) is 16.4. The Hall–Kier alpha value is -1.75. The van der Waals surface area contributed by atoms with Gasteiger partial charge in [-0.2, -0.15) is 0 Å². The summed E-state index contributed by atoms with van der Waals surface area (Å²) in [4.78, 5) is 7.01. The minimum atomic E-state index is 0.0952. The predicted octanol–water partition coefficient (Wildman–Crippen LogP) is 2.87. The van der Waals surface area contributed by atoms with Crippen molar-refractivity contribution in [3.63, 3.8) is 0 Å². The minimum Gasteiger partial charge on any atom is -0.396 e. The SMILES string of the molecule is CCNC(=NCC(CC)(CC)CCO)NCCN(C)c1ccccc1. The molecule has 0 bridgehead atoms. The Balaban J connectivity index is 2.58. The topological polar surface area (TPSA) is 59.9 Å². The van der Waals surface area contributed by atoms with Gasteiger partial charge in [0.25, 0.3) is 0 Å². The first-order valence-corrected chi connectivity index (χ1v) is 9.50. The number of aliphatic hydroxyl groups is 1. The van der Waals surface area contributed by atoms with Crippen molar-refractivity contribution in [3.8, 4) is 0 Å². The van der Waals surface area contributed by atoms with E-state index in [0.29, 0.717) is 0 Å². The zero-order chi connectivity index (χ0) is 18.5. The summed E-state index contributed by atoms with van der Waals surface area (Å²) in [6.45, 7) is 9.97. The Labute approximate surface area is 153 Å². The number of hydrogen-bond acceptors (Lipinski definition) is 3. The van der Waals surface area contributed by atoms with E-state index >= 15 is 0 Å². The number of benzene rings is 1. The van der Waals surface area contributed by atoms with Gasteiger partial charge in [-0.25, -0.2) is 0 Å². The molecular formula is C20H36N4O.